The van der Waals surface area contributed by atoms with Gasteiger partial charge in [0.15, 0.2) is 5.16 Å². The molecular weight excluding hydrogens is 256 g/mol. The Kier molecular flexibility index (Phi) is 3.37. The molecule has 0 bridgehead atoms. The number of thioether (sulfide) groups is 1. The number of H-pyrrole nitrogens is 1. The first-order valence-corrected chi connectivity index (χ1v) is 6.49. The van der Waals surface area contributed by atoms with Crippen LogP contribution in [0.15, 0.2) is 9.95 Å². The van der Waals surface area contributed by atoms with E-state index in [0.717, 1.165) is 0 Å². The third kappa shape index (κ3) is 2.23. The number of aliphatic carboxylic acids is 1. The Bertz CT molecular complexity index is 661. The Labute approximate surface area is 106 Å². The molecule has 0 fully saturated rings. The van der Waals surface area contributed by atoms with E-state index < -0.39 is 5.97 Å². The first-order valence-electron chi connectivity index (χ1n) is 5.27. The second-order valence-electron chi connectivity index (χ2n) is 3.74. The van der Waals surface area contributed by atoms with Gasteiger partial charge in [0.05, 0.1) is 5.69 Å². The molecule has 2 heterocycles. The quantitative estimate of drug-likeness (QED) is 0.781. The van der Waals surface area contributed by atoms with Crippen molar-refractivity contribution < 1.29 is 9.90 Å². The second-order valence-corrected chi connectivity index (χ2v) is 4.54. The summed E-state index contributed by atoms with van der Waals surface area (Å²) in [5, 5.41) is 12.1. The van der Waals surface area contributed by atoms with Crippen molar-refractivity contribution >= 4 is 23.5 Å². The number of rotatable bonds is 4. The van der Waals surface area contributed by atoms with Crippen molar-refractivity contribution in [3.63, 3.8) is 0 Å². The molecular formula is C10H12N4O3S. The largest absolute Gasteiger partial charge is 0.481 e. The topological polar surface area (TPSA) is 100 Å². The van der Waals surface area contributed by atoms with Crippen molar-refractivity contribution in [2.24, 2.45) is 0 Å². The van der Waals surface area contributed by atoms with Crippen molar-refractivity contribution in [3.8, 4) is 0 Å². The van der Waals surface area contributed by atoms with Crippen LogP contribution >= 0.6 is 11.8 Å². The van der Waals surface area contributed by atoms with Crippen molar-refractivity contribution in [1.29, 1.82) is 0 Å². The van der Waals surface area contributed by atoms with E-state index in [-0.39, 0.29) is 18.4 Å². The van der Waals surface area contributed by atoms with Crippen molar-refractivity contribution in [2.45, 2.75) is 24.9 Å². The predicted octanol–water partition coefficient (Wildman–Crippen LogP) is 0.465. The minimum atomic E-state index is -0.937. The van der Waals surface area contributed by atoms with E-state index in [1.807, 2.05) is 6.26 Å². The Balaban J connectivity index is 2.53. The lowest BCUT2D eigenvalue weighted by Crippen LogP contribution is -2.22. The lowest BCUT2D eigenvalue weighted by molar-refractivity contribution is -0.136. The van der Waals surface area contributed by atoms with Crippen LogP contribution in [0.4, 0.5) is 0 Å². The molecule has 2 aromatic heterocycles. The van der Waals surface area contributed by atoms with E-state index in [9.17, 15) is 9.59 Å². The zero-order chi connectivity index (χ0) is 13.3. The van der Waals surface area contributed by atoms with Crippen LogP contribution < -0.4 is 5.56 Å². The zero-order valence-electron chi connectivity index (χ0n) is 9.93. The Morgan fingerprint density at radius 2 is 2.22 bits per heavy atom. The van der Waals surface area contributed by atoms with Gasteiger partial charge in [-0.3, -0.25) is 14.7 Å². The highest BCUT2D eigenvalue weighted by Crippen LogP contribution is 2.10. The number of nitrogens with zero attached hydrogens (tertiary/aromatic N) is 3. The van der Waals surface area contributed by atoms with E-state index in [2.05, 4.69) is 15.1 Å². The molecule has 0 amide bonds. The molecule has 2 N–H and O–H groups in total. The van der Waals surface area contributed by atoms with Crippen molar-refractivity contribution in [2.75, 3.05) is 6.26 Å². The first-order chi connectivity index (χ1) is 8.52. The van der Waals surface area contributed by atoms with Gasteiger partial charge in [0.2, 0.25) is 0 Å². The summed E-state index contributed by atoms with van der Waals surface area (Å²) in [5.41, 5.74) is 0.651. The molecule has 7 nitrogen and oxygen atoms in total. The lowest BCUT2D eigenvalue weighted by Gasteiger charge is -2.02. The molecule has 0 aliphatic carbocycles. The second kappa shape index (κ2) is 4.81. The van der Waals surface area contributed by atoms with Gasteiger partial charge in [-0.2, -0.15) is 9.50 Å². The average Bonchev–Trinajstić information content (AvgIpc) is 2.71. The fraction of sp³-hybridized carbons (Fsp3) is 0.400. The number of hydrogen-bond acceptors (Lipinski definition) is 5. The van der Waals surface area contributed by atoms with Crippen LogP contribution in [-0.2, 0) is 11.2 Å². The maximum absolute atomic E-state index is 12.1. The van der Waals surface area contributed by atoms with Crippen LogP contribution in [0.3, 0.4) is 0 Å². The minimum Gasteiger partial charge on any atom is -0.481 e. The van der Waals surface area contributed by atoms with Gasteiger partial charge in [0.1, 0.15) is 0 Å². The molecule has 96 valence electrons. The molecule has 8 heteroatoms. The summed E-state index contributed by atoms with van der Waals surface area (Å²) in [4.78, 5) is 31.0. The number of hydrogen-bond donors (Lipinski definition) is 2. The summed E-state index contributed by atoms with van der Waals surface area (Å²) in [5.74, 6) is -0.630. The Morgan fingerprint density at radius 1 is 1.50 bits per heavy atom. The number of fused-ring (bicyclic) bond motifs is 1. The van der Waals surface area contributed by atoms with Crippen LogP contribution in [-0.4, -0.2) is 36.9 Å². The summed E-state index contributed by atoms with van der Waals surface area (Å²) >= 11 is 1.37. The molecule has 0 unspecified atom stereocenters. The summed E-state index contributed by atoms with van der Waals surface area (Å²) in [6.07, 6.45) is 1.91. The highest BCUT2D eigenvalue weighted by molar-refractivity contribution is 7.98. The van der Waals surface area contributed by atoms with Gasteiger partial charge in [0.25, 0.3) is 11.3 Å². The highest BCUT2D eigenvalue weighted by atomic mass is 32.2. The summed E-state index contributed by atoms with van der Waals surface area (Å²) in [6.45, 7) is 1.69. The Hall–Kier alpha value is -1.83. The molecule has 2 rings (SSSR count). The van der Waals surface area contributed by atoms with Gasteiger partial charge in [-0.05, 0) is 19.6 Å². The zero-order valence-corrected chi connectivity index (χ0v) is 10.7. The molecule has 0 aliphatic rings. The van der Waals surface area contributed by atoms with E-state index in [4.69, 9.17) is 5.11 Å². The fourth-order valence-corrected chi connectivity index (χ4v) is 2.00. The standard InChI is InChI=1S/C10H12N4O3S/c1-5-6(3-4-7(15)16)8(17)14-9(11-5)12-10(13-14)18-2/h3-4H2,1-2H3,(H,15,16)(H,11,12,13). The fourth-order valence-electron chi connectivity index (χ4n) is 1.65. The molecule has 18 heavy (non-hydrogen) atoms. The van der Waals surface area contributed by atoms with Crippen molar-refractivity contribution in [3.05, 3.63) is 21.6 Å². The predicted molar refractivity (Wildman–Crippen MR) is 66.1 cm³/mol. The van der Waals surface area contributed by atoms with Crippen LogP contribution in [0, 0.1) is 6.92 Å². The van der Waals surface area contributed by atoms with Gasteiger partial charge in [0, 0.05) is 12.0 Å². The van der Waals surface area contributed by atoms with E-state index in [1.54, 1.807) is 6.92 Å². The summed E-state index contributed by atoms with van der Waals surface area (Å²) in [7, 11) is 0. The van der Waals surface area contributed by atoms with Crippen LogP contribution in [0.25, 0.3) is 5.78 Å². The lowest BCUT2D eigenvalue weighted by atomic mass is 10.1. The van der Waals surface area contributed by atoms with Gasteiger partial charge < -0.3 is 5.11 Å². The maximum Gasteiger partial charge on any atom is 0.303 e. The maximum atomic E-state index is 12.1. The summed E-state index contributed by atoms with van der Waals surface area (Å²) in [6, 6.07) is 0. The van der Waals surface area contributed by atoms with E-state index in [0.29, 0.717) is 22.2 Å². The number of aromatic amines is 1. The van der Waals surface area contributed by atoms with Crippen LogP contribution in [0.2, 0.25) is 0 Å². The molecule has 0 atom stereocenters. The number of carboxylic acid groups (broad SMARTS) is 1. The molecule has 0 saturated carbocycles. The van der Waals surface area contributed by atoms with Gasteiger partial charge in [-0.25, -0.2) is 4.98 Å². The van der Waals surface area contributed by atoms with Crippen LogP contribution in [0.1, 0.15) is 17.7 Å². The number of aromatic nitrogens is 4. The third-order valence-corrected chi connectivity index (χ3v) is 3.13. The number of carbonyl (C=O) groups is 1. The van der Waals surface area contributed by atoms with Gasteiger partial charge in [-0.1, -0.05) is 11.8 Å². The molecule has 0 spiro atoms. The minimum absolute atomic E-state index is 0.0899. The van der Waals surface area contributed by atoms with Gasteiger partial charge in [-0.15, -0.1) is 0 Å². The number of nitrogens with one attached hydrogen (secondary N) is 1. The smallest absolute Gasteiger partial charge is 0.303 e. The monoisotopic (exact) mass is 268 g/mol. The van der Waals surface area contributed by atoms with Crippen LogP contribution in [0.5, 0.6) is 0 Å². The van der Waals surface area contributed by atoms with E-state index in [1.165, 1.54) is 16.3 Å². The normalized spacial score (nSPS) is 11.0. The third-order valence-electron chi connectivity index (χ3n) is 2.56. The van der Waals surface area contributed by atoms with Gasteiger partial charge >= 0.3 is 5.97 Å². The SMILES string of the molecule is CSc1nc2nc(C)c(CCC(=O)O)c(=O)n2[nH]1. The highest BCUT2D eigenvalue weighted by Gasteiger charge is 2.13. The number of aryl methyl sites for hydroxylation is 1. The number of carboxylic acids is 1. The molecule has 0 aliphatic heterocycles. The molecule has 0 radical (unpaired) electrons. The van der Waals surface area contributed by atoms with Crippen molar-refractivity contribution in [1.82, 2.24) is 19.6 Å². The first kappa shape index (κ1) is 12.6. The molecule has 0 aromatic carbocycles. The van der Waals surface area contributed by atoms with E-state index >= 15 is 0 Å². The summed E-state index contributed by atoms with van der Waals surface area (Å²) < 4.78 is 1.25. The molecule has 2 aromatic rings. The molecule has 0 saturated heterocycles. The average molecular weight is 268 g/mol. The Morgan fingerprint density at radius 3 is 2.83 bits per heavy atom.